The largest absolute Gasteiger partial charge is 0.394 e. The third-order valence-electron chi connectivity index (χ3n) is 7.23. The van der Waals surface area contributed by atoms with E-state index in [1.807, 2.05) is 6.20 Å². The lowest BCUT2D eigenvalue weighted by Gasteiger charge is -2.37. The van der Waals surface area contributed by atoms with E-state index >= 15 is 0 Å². The van der Waals surface area contributed by atoms with E-state index < -0.39 is 5.60 Å². The van der Waals surface area contributed by atoms with Gasteiger partial charge in [-0.2, -0.15) is 0 Å². The van der Waals surface area contributed by atoms with E-state index in [0.717, 1.165) is 70.6 Å². The number of aromatic nitrogens is 3. The normalized spacial score (nSPS) is 29.7. The van der Waals surface area contributed by atoms with Crippen LogP contribution in [0, 0.1) is 5.92 Å². The van der Waals surface area contributed by atoms with Gasteiger partial charge in [-0.3, -0.25) is 9.48 Å². The van der Waals surface area contributed by atoms with Gasteiger partial charge in [-0.1, -0.05) is 37.3 Å². The Kier molecular flexibility index (Phi) is 7.05. The second-order valence-corrected chi connectivity index (χ2v) is 9.40. The van der Waals surface area contributed by atoms with Crippen molar-refractivity contribution >= 4 is 5.91 Å². The first-order valence-corrected chi connectivity index (χ1v) is 11.8. The molecule has 3 N–H and O–H groups in total. The van der Waals surface area contributed by atoms with Crippen LogP contribution in [-0.4, -0.2) is 56.0 Å². The molecule has 3 aliphatic rings. The number of hydrogen-bond acceptors (Lipinski definition) is 6. The first kappa shape index (κ1) is 21.7. The lowest BCUT2D eigenvalue weighted by Crippen LogP contribution is -2.52. The van der Waals surface area contributed by atoms with E-state index in [-0.39, 0.29) is 36.7 Å². The quantitative estimate of drug-likeness (QED) is 0.623. The maximum Gasteiger partial charge on any atom is 0.223 e. The van der Waals surface area contributed by atoms with E-state index in [1.165, 1.54) is 6.42 Å². The fourth-order valence-corrected chi connectivity index (χ4v) is 5.29. The molecule has 168 valence electrons. The number of aryl methyl sites for hydroxylation is 1. The summed E-state index contributed by atoms with van der Waals surface area (Å²) in [6.07, 6.45) is 12.9. The van der Waals surface area contributed by atoms with Gasteiger partial charge in [0.1, 0.15) is 17.4 Å². The summed E-state index contributed by atoms with van der Waals surface area (Å²) in [7, 11) is 0. The number of carbonyl (C=O) groups is 1. The lowest BCUT2D eigenvalue weighted by molar-refractivity contribution is -0.133. The van der Waals surface area contributed by atoms with Crippen LogP contribution in [0.3, 0.4) is 0 Å². The van der Waals surface area contributed by atoms with Gasteiger partial charge in [-0.05, 0) is 44.9 Å². The maximum atomic E-state index is 12.6. The van der Waals surface area contributed by atoms with Crippen LogP contribution in [0.25, 0.3) is 0 Å². The summed E-state index contributed by atoms with van der Waals surface area (Å²) < 4.78 is 7.89. The van der Waals surface area contributed by atoms with Crippen molar-refractivity contribution in [2.24, 2.45) is 5.92 Å². The molecular formula is C22H36N4O4. The second-order valence-electron chi connectivity index (χ2n) is 9.40. The van der Waals surface area contributed by atoms with E-state index in [2.05, 4.69) is 15.6 Å². The molecule has 0 radical (unpaired) electrons. The standard InChI is InChI=1S/C22H36N4O4/c27-15-19-18(23-21(28)16-6-2-1-3-7-16)9-8-17(30-19)10-13-26-14-20(24-25-26)22(29)11-4-5-12-22/h14,16-19,27,29H,1-13,15H2,(H,23,28)/t17-,18-,19-/m0/s1. The topological polar surface area (TPSA) is 110 Å². The molecule has 8 heteroatoms. The average Bonchev–Trinajstić information content (AvgIpc) is 3.44. The number of hydrogen-bond donors (Lipinski definition) is 3. The Bertz CT molecular complexity index is 697. The molecule has 4 rings (SSSR count). The lowest BCUT2D eigenvalue weighted by atomic mass is 9.88. The van der Waals surface area contributed by atoms with Crippen molar-refractivity contribution < 1.29 is 19.7 Å². The van der Waals surface area contributed by atoms with Crippen LogP contribution in [0.2, 0.25) is 0 Å². The van der Waals surface area contributed by atoms with E-state index in [4.69, 9.17) is 4.74 Å². The van der Waals surface area contributed by atoms with Crippen LogP contribution < -0.4 is 5.32 Å². The first-order chi connectivity index (χ1) is 14.6. The summed E-state index contributed by atoms with van der Waals surface area (Å²) in [5.41, 5.74) is -0.144. The monoisotopic (exact) mass is 420 g/mol. The van der Waals surface area contributed by atoms with Gasteiger partial charge >= 0.3 is 0 Å². The SMILES string of the molecule is O=C(N[C@H]1CC[C@@H](CCn2cc(C3(O)CCCC3)nn2)O[C@H]1CO)C1CCCCC1. The zero-order valence-corrected chi connectivity index (χ0v) is 17.8. The van der Waals surface area contributed by atoms with Gasteiger partial charge < -0.3 is 20.3 Å². The molecule has 0 aromatic carbocycles. The van der Waals surface area contributed by atoms with Crippen LogP contribution in [0.5, 0.6) is 0 Å². The Hall–Kier alpha value is -1.51. The third kappa shape index (κ3) is 5.03. The Morgan fingerprint density at radius 1 is 1.17 bits per heavy atom. The van der Waals surface area contributed by atoms with E-state index in [9.17, 15) is 15.0 Å². The summed E-state index contributed by atoms with van der Waals surface area (Å²) in [6.45, 7) is 0.567. The second kappa shape index (κ2) is 9.75. The van der Waals surface area contributed by atoms with Gasteiger partial charge in [0.05, 0.1) is 24.9 Å². The fourth-order valence-electron chi connectivity index (χ4n) is 5.29. The first-order valence-electron chi connectivity index (χ1n) is 11.8. The summed E-state index contributed by atoms with van der Waals surface area (Å²) in [5.74, 6) is 0.243. The minimum absolute atomic E-state index is 0.0206. The minimum Gasteiger partial charge on any atom is -0.394 e. The fraction of sp³-hybridized carbons (Fsp3) is 0.864. The van der Waals surface area contributed by atoms with E-state index in [0.29, 0.717) is 12.2 Å². The molecule has 1 aromatic heterocycles. The van der Waals surface area contributed by atoms with Gasteiger partial charge in [0.2, 0.25) is 5.91 Å². The Morgan fingerprint density at radius 2 is 1.93 bits per heavy atom. The number of carbonyl (C=O) groups excluding carboxylic acids is 1. The van der Waals surface area contributed by atoms with Gasteiger partial charge in [-0.25, -0.2) is 0 Å². The minimum atomic E-state index is -0.814. The zero-order chi connectivity index (χ0) is 21.0. The molecule has 0 bridgehead atoms. The molecular weight excluding hydrogens is 384 g/mol. The van der Waals surface area contributed by atoms with Crippen LogP contribution in [0.15, 0.2) is 6.20 Å². The van der Waals surface area contributed by atoms with Crippen molar-refractivity contribution in [2.75, 3.05) is 6.61 Å². The summed E-state index contributed by atoms with van der Waals surface area (Å²) in [4.78, 5) is 12.6. The molecule has 1 aliphatic heterocycles. The van der Waals surface area contributed by atoms with Crippen molar-refractivity contribution in [1.82, 2.24) is 20.3 Å². The maximum absolute atomic E-state index is 12.6. The van der Waals surface area contributed by atoms with Gasteiger partial charge in [0.15, 0.2) is 0 Å². The van der Waals surface area contributed by atoms with Gasteiger partial charge in [-0.15, -0.1) is 5.10 Å². The smallest absolute Gasteiger partial charge is 0.223 e. The van der Waals surface area contributed by atoms with Gasteiger partial charge in [0.25, 0.3) is 0 Å². The van der Waals surface area contributed by atoms with Crippen LogP contribution in [0.1, 0.15) is 82.7 Å². The summed E-state index contributed by atoms with van der Waals surface area (Å²) in [5, 5.41) is 32.0. The molecule has 3 fully saturated rings. The molecule has 8 nitrogen and oxygen atoms in total. The molecule has 1 saturated heterocycles. The van der Waals surface area contributed by atoms with Crippen LogP contribution in [0.4, 0.5) is 0 Å². The molecule has 2 aliphatic carbocycles. The Labute approximate surface area is 178 Å². The van der Waals surface area contributed by atoms with Crippen molar-refractivity contribution in [3.63, 3.8) is 0 Å². The predicted molar refractivity (Wildman–Crippen MR) is 110 cm³/mol. The highest BCUT2D eigenvalue weighted by atomic mass is 16.5. The highest BCUT2D eigenvalue weighted by Crippen LogP contribution is 2.37. The average molecular weight is 421 g/mol. The number of aliphatic hydroxyl groups is 2. The number of ether oxygens (including phenoxy) is 1. The number of aliphatic hydroxyl groups excluding tert-OH is 1. The van der Waals surface area contributed by atoms with Crippen molar-refractivity contribution in [2.45, 2.75) is 107 Å². The van der Waals surface area contributed by atoms with Crippen LogP contribution in [-0.2, 0) is 21.7 Å². The van der Waals surface area contributed by atoms with E-state index in [1.54, 1.807) is 4.68 Å². The number of nitrogens with one attached hydrogen (secondary N) is 1. The Balaban J connectivity index is 1.25. The third-order valence-corrected chi connectivity index (χ3v) is 7.23. The molecule has 0 unspecified atom stereocenters. The van der Waals surface area contributed by atoms with Crippen LogP contribution >= 0.6 is 0 Å². The number of nitrogens with zero attached hydrogens (tertiary/aromatic N) is 3. The zero-order valence-electron chi connectivity index (χ0n) is 17.8. The van der Waals surface area contributed by atoms with Crippen molar-refractivity contribution in [3.8, 4) is 0 Å². The highest BCUT2D eigenvalue weighted by molar-refractivity contribution is 5.79. The van der Waals surface area contributed by atoms with Gasteiger partial charge in [0, 0.05) is 12.5 Å². The summed E-state index contributed by atoms with van der Waals surface area (Å²) >= 11 is 0. The molecule has 3 atom stereocenters. The highest BCUT2D eigenvalue weighted by Gasteiger charge is 2.36. The molecule has 1 aromatic rings. The number of amides is 1. The Morgan fingerprint density at radius 3 is 2.67 bits per heavy atom. The predicted octanol–water partition coefficient (Wildman–Crippen LogP) is 2.03. The molecule has 30 heavy (non-hydrogen) atoms. The molecule has 0 spiro atoms. The molecule has 2 heterocycles. The molecule has 1 amide bonds. The van der Waals surface area contributed by atoms with Crippen molar-refractivity contribution in [3.05, 3.63) is 11.9 Å². The number of rotatable bonds is 7. The van der Waals surface area contributed by atoms with Crippen molar-refractivity contribution in [1.29, 1.82) is 0 Å². The summed E-state index contributed by atoms with van der Waals surface area (Å²) in [6, 6.07) is -0.115. The molecule has 2 saturated carbocycles.